The van der Waals surface area contributed by atoms with Gasteiger partial charge in [0.15, 0.2) is 0 Å². The molecule has 3 aromatic rings. The van der Waals surface area contributed by atoms with Crippen molar-refractivity contribution in [1.29, 1.82) is 0 Å². The van der Waals surface area contributed by atoms with E-state index in [0.29, 0.717) is 11.3 Å². The molecule has 3 rings (SSSR count). The molecule has 7 heteroatoms. The Kier molecular flexibility index (Phi) is 7.33. The lowest BCUT2D eigenvalue weighted by Crippen LogP contribution is -2.34. The number of aryl methyl sites for hydroxylation is 1. The molecule has 0 aliphatic heterocycles. The molecule has 32 heavy (non-hydrogen) atoms. The summed E-state index contributed by atoms with van der Waals surface area (Å²) in [6, 6.07) is 20.3. The number of rotatable bonds is 8. The fourth-order valence-corrected chi connectivity index (χ4v) is 4.84. The molecule has 3 aromatic carbocycles. The first-order valence-electron chi connectivity index (χ1n) is 10.3. The van der Waals surface area contributed by atoms with Crippen LogP contribution < -0.4 is 10.1 Å². The predicted octanol–water partition coefficient (Wildman–Crippen LogP) is 4.70. The van der Waals surface area contributed by atoms with Gasteiger partial charge in [0.05, 0.1) is 18.0 Å². The number of anilines is 1. The van der Waals surface area contributed by atoms with Gasteiger partial charge in [0.1, 0.15) is 5.75 Å². The molecular formula is C25H28N2O4S. The minimum Gasteiger partial charge on any atom is -0.497 e. The van der Waals surface area contributed by atoms with E-state index in [-0.39, 0.29) is 17.2 Å². The standard InChI is InChI=1S/C25H28N2O4S/c1-18-9-8-12-23(19(18)2)26-25(28)17-24(20-13-15-21(31-4)16-14-20)27(3)32(29,30)22-10-6-5-7-11-22/h5-16,24H,17H2,1-4H3,(H,26,28)/t24-/m1/s1. The van der Waals surface area contributed by atoms with Crippen LogP contribution in [0.5, 0.6) is 5.75 Å². The van der Waals surface area contributed by atoms with Crippen LogP contribution in [-0.4, -0.2) is 32.8 Å². The Morgan fingerprint density at radius 3 is 2.25 bits per heavy atom. The Bertz CT molecular complexity index is 1180. The first-order valence-corrected chi connectivity index (χ1v) is 11.7. The highest BCUT2D eigenvalue weighted by atomic mass is 32.2. The summed E-state index contributed by atoms with van der Waals surface area (Å²) in [5.74, 6) is 0.385. The van der Waals surface area contributed by atoms with Crippen LogP contribution in [-0.2, 0) is 14.8 Å². The molecule has 0 unspecified atom stereocenters. The van der Waals surface area contributed by atoms with Crippen LogP contribution in [0.25, 0.3) is 0 Å². The number of nitrogens with zero attached hydrogens (tertiary/aromatic N) is 1. The fourth-order valence-electron chi connectivity index (χ4n) is 3.47. The normalized spacial score (nSPS) is 12.4. The summed E-state index contributed by atoms with van der Waals surface area (Å²) in [5.41, 5.74) is 3.46. The predicted molar refractivity (Wildman–Crippen MR) is 126 cm³/mol. The van der Waals surface area contributed by atoms with E-state index in [1.807, 2.05) is 32.0 Å². The second kappa shape index (κ2) is 9.97. The largest absolute Gasteiger partial charge is 0.497 e. The lowest BCUT2D eigenvalue weighted by molar-refractivity contribution is -0.117. The number of amides is 1. The van der Waals surface area contributed by atoms with E-state index in [4.69, 9.17) is 4.74 Å². The zero-order valence-corrected chi connectivity index (χ0v) is 19.5. The van der Waals surface area contributed by atoms with Crippen molar-refractivity contribution in [2.45, 2.75) is 31.2 Å². The maximum absolute atomic E-state index is 13.3. The van der Waals surface area contributed by atoms with Crippen molar-refractivity contribution in [2.24, 2.45) is 0 Å². The van der Waals surface area contributed by atoms with Crippen LogP contribution in [0.15, 0.2) is 77.7 Å². The number of benzene rings is 3. The average Bonchev–Trinajstić information content (AvgIpc) is 2.80. The van der Waals surface area contributed by atoms with Crippen molar-refractivity contribution >= 4 is 21.6 Å². The summed E-state index contributed by atoms with van der Waals surface area (Å²) in [4.78, 5) is 13.2. The smallest absolute Gasteiger partial charge is 0.243 e. The van der Waals surface area contributed by atoms with E-state index < -0.39 is 16.1 Å². The molecule has 0 heterocycles. The Morgan fingerprint density at radius 1 is 0.969 bits per heavy atom. The highest BCUT2D eigenvalue weighted by Crippen LogP contribution is 2.31. The number of hydrogen-bond donors (Lipinski definition) is 1. The Hall–Kier alpha value is -3.16. The molecule has 1 amide bonds. The molecule has 6 nitrogen and oxygen atoms in total. The third-order valence-electron chi connectivity index (χ3n) is 5.62. The van der Waals surface area contributed by atoms with Gasteiger partial charge in [-0.05, 0) is 60.9 Å². The molecule has 0 saturated heterocycles. The Balaban J connectivity index is 1.93. The molecule has 0 bridgehead atoms. The van der Waals surface area contributed by atoms with E-state index in [1.54, 1.807) is 61.7 Å². The van der Waals surface area contributed by atoms with Crippen molar-refractivity contribution < 1.29 is 17.9 Å². The zero-order valence-electron chi connectivity index (χ0n) is 18.7. The maximum Gasteiger partial charge on any atom is 0.243 e. The van der Waals surface area contributed by atoms with E-state index >= 15 is 0 Å². The van der Waals surface area contributed by atoms with Gasteiger partial charge in [-0.1, -0.05) is 42.5 Å². The highest BCUT2D eigenvalue weighted by Gasteiger charge is 2.31. The lowest BCUT2D eigenvalue weighted by Gasteiger charge is -2.28. The molecule has 0 spiro atoms. The van der Waals surface area contributed by atoms with E-state index in [0.717, 1.165) is 16.8 Å². The van der Waals surface area contributed by atoms with Crippen LogP contribution in [0.1, 0.15) is 29.2 Å². The molecule has 0 aliphatic rings. The van der Waals surface area contributed by atoms with Crippen molar-refractivity contribution in [2.75, 3.05) is 19.5 Å². The number of methoxy groups -OCH3 is 1. The van der Waals surface area contributed by atoms with Crippen molar-refractivity contribution in [3.05, 3.63) is 89.5 Å². The first kappa shape index (κ1) is 23.5. The molecule has 1 atom stereocenters. The van der Waals surface area contributed by atoms with Crippen molar-refractivity contribution in [3.63, 3.8) is 0 Å². The number of sulfonamides is 1. The molecule has 0 saturated carbocycles. The van der Waals surface area contributed by atoms with Gasteiger partial charge in [0.25, 0.3) is 0 Å². The van der Waals surface area contributed by atoms with Gasteiger partial charge in [0.2, 0.25) is 15.9 Å². The Morgan fingerprint density at radius 2 is 1.62 bits per heavy atom. The number of carbonyl (C=O) groups is 1. The lowest BCUT2D eigenvalue weighted by atomic mass is 10.0. The van der Waals surface area contributed by atoms with Gasteiger partial charge < -0.3 is 10.1 Å². The third-order valence-corrected chi connectivity index (χ3v) is 7.50. The molecule has 0 aliphatic carbocycles. The van der Waals surface area contributed by atoms with Crippen LogP contribution in [0.2, 0.25) is 0 Å². The van der Waals surface area contributed by atoms with Gasteiger partial charge >= 0.3 is 0 Å². The Labute approximate surface area is 189 Å². The van der Waals surface area contributed by atoms with E-state index in [1.165, 1.54) is 11.4 Å². The summed E-state index contributed by atoms with van der Waals surface area (Å²) in [7, 11) is -0.745. The maximum atomic E-state index is 13.3. The van der Waals surface area contributed by atoms with Crippen LogP contribution in [0.3, 0.4) is 0 Å². The molecule has 0 aromatic heterocycles. The average molecular weight is 453 g/mol. The van der Waals surface area contributed by atoms with Gasteiger partial charge in [-0.15, -0.1) is 0 Å². The van der Waals surface area contributed by atoms with E-state index in [2.05, 4.69) is 5.32 Å². The third kappa shape index (κ3) is 5.18. The number of hydrogen-bond acceptors (Lipinski definition) is 4. The summed E-state index contributed by atoms with van der Waals surface area (Å²) in [5, 5.41) is 2.93. The highest BCUT2D eigenvalue weighted by molar-refractivity contribution is 7.89. The second-order valence-corrected chi connectivity index (χ2v) is 9.62. The van der Waals surface area contributed by atoms with Crippen molar-refractivity contribution in [1.82, 2.24) is 4.31 Å². The quantitative estimate of drug-likeness (QED) is 0.537. The fraction of sp³-hybridized carbons (Fsp3) is 0.240. The summed E-state index contributed by atoms with van der Waals surface area (Å²) < 4.78 is 33.0. The van der Waals surface area contributed by atoms with Crippen LogP contribution in [0.4, 0.5) is 5.69 Å². The molecule has 168 valence electrons. The minimum atomic E-state index is -3.81. The van der Waals surface area contributed by atoms with Gasteiger partial charge in [-0.3, -0.25) is 4.79 Å². The van der Waals surface area contributed by atoms with Gasteiger partial charge in [-0.25, -0.2) is 8.42 Å². The van der Waals surface area contributed by atoms with Gasteiger partial charge in [-0.2, -0.15) is 4.31 Å². The molecular weight excluding hydrogens is 424 g/mol. The van der Waals surface area contributed by atoms with Crippen LogP contribution in [0, 0.1) is 13.8 Å². The monoisotopic (exact) mass is 452 g/mol. The molecule has 0 fully saturated rings. The van der Waals surface area contributed by atoms with E-state index in [9.17, 15) is 13.2 Å². The molecule has 1 N–H and O–H groups in total. The molecule has 0 radical (unpaired) electrons. The SMILES string of the molecule is COc1ccc([C@@H](CC(=O)Nc2cccc(C)c2C)N(C)S(=O)(=O)c2ccccc2)cc1. The van der Waals surface area contributed by atoms with Gasteiger partial charge in [0, 0.05) is 19.2 Å². The van der Waals surface area contributed by atoms with Crippen molar-refractivity contribution in [3.8, 4) is 5.75 Å². The van der Waals surface area contributed by atoms with Crippen LogP contribution >= 0.6 is 0 Å². The number of nitrogens with one attached hydrogen (secondary N) is 1. The summed E-state index contributed by atoms with van der Waals surface area (Å²) >= 11 is 0. The second-order valence-electron chi connectivity index (χ2n) is 7.62. The topological polar surface area (TPSA) is 75.7 Å². The first-order chi connectivity index (χ1) is 15.2. The minimum absolute atomic E-state index is 0.0394. The number of ether oxygens (including phenoxy) is 1. The summed E-state index contributed by atoms with van der Waals surface area (Å²) in [6.45, 7) is 3.92. The zero-order chi connectivity index (χ0) is 23.3. The number of carbonyl (C=O) groups excluding carboxylic acids is 1. The summed E-state index contributed by atoms with van der Waals surface area (Å²) in [6.07, 6.45) is -0.0394.